The van der Waals surface area contributed by atoms with Crippen LogP contribution in [0.2, 0.25) is 0 Å². The summed E-state index contributed by atoms with van der Waals surface area (Å²) in [6.45, 7) is 1.04. The maximum absolute atomic E-state index is 12.9. The number of benzene rings is 1. The highest BCUT2D eigenvalue weighted by atomic mass is 16.2. The summed E-state index contributed by atoms with van der Waals surface area (Å²) in [5.41, 5.74) is 2.00. The molecule has 7 heteroatoms. The lowest BCUT2D eigenvalue weighted by Crippen LogP contribution is -2.43. The smallest absolute Gasteiger partial charge is 0.253 e. The molecule has 0 saturated carbocycles. The molecule has 1 saturated heterocycles. The Balaban J connectivity index is 1.46. The summed E-state index contributed by atoms with van der Waals surface area (Å²) in [5.74, 6) is 0.0949. The molecular formula is C20H19N5O2. The van der Waals surface area contributed by atoms with Gasteiger partial charge in [0.1, 0.15) is 5.82 Å². The van der Waals surface area contributed by atoms with Gasteiger partial charge in [-0.1, -0.05) is 6.07 Å². The van der Waals surface area contributed by atoms with Crippen molar-refractivity contribution in [1.82, 2.24) is 19.9 Å². The van der Waals surface area contributed by atoms with Crippen LogP contribution in [0.5, 0.6) is 0 Å². The highest BCUT2D eigenvalue weighted by Gasteiger charge is 2.29. The number of likely N-dealkylation sites (tertiary alicyclic amines) is 1. The van der Waals surface area contributed by atoms with E-state index in [1.165, 1.54) is 0 Å². The van der Waals surface area contributed by atoms with Crippen LogP contribution in [0.4, 0.5) is 5.82 Å². The lowest BCUT2D eigenvalue weighted by molar-refractivity contribution is -0.121. The maximum atomic E-state index is 12.9. The average Bonchev–Trinajstić information content (AvgIpc) is 2.73. The highest BCUT2D eigenvalue weighted by Crippen LogP contribution is 2.21. The molecule has 1 atom stereocenters. The van der Waals surface area contributed by atoms with Gasteiger partial charge in [0.15, 0.2) is 0 Å². The van der Waals surface area contributed by atoms with Gasteiger partial charge in [-0.15, -0.1) is 0 Å². The third-order valence-electron chi connectivity index (χ3n) is 4.71. The largest absolute Gasteiger partial charge is 0.338 e. The second-order valence-corrected chi connectivity index (χ2v) is 6.55. The molecule has 7 nitrogen and oxygen atoms in total. The molecule has 3 aromatic rings. The number of anilines is 1. The molecule has 2 aromatic heterocycles. The fourth-order valence-electron chi connectivity index (χ4n) is 3.32. The summed E-state index contributed by atoms with van der Waals surface area (Å²) >= 11 is 0. The lowest BCUT2D eigenvalue weighted by Gasteiger charge is -2.32. The van der Waals surface area contributed by atoms with Gasteiger partial charge in [0.25, 0.3) is 5.91 Å². The molecule has 1 aromatic carbocycles. The van der Waals surface area contributed by atoms with Crippen molar-refractivity contribution in [2.45, 2.75) is 12.8 Å². The van der Waals surface area contributed by atoms with E-state index in [1.54, 1.807) is 53.8 Å². The Morgan fingerprint density at radius 2 is 1.85 bits per heavy atom. The van der Waals surface area contributed by atoms with Gasteiger partial charge in [0.2, 0.25) is 5.91 Å². The molecule has 4 rings (SSSR count). The Hall–Kier alpha value is -3.35. The Kier molecular flexibility index (Phi) is 4.74. The molecule has 1 N–H and O–H groups in total. The first-order valence-electron chi connectivity index (χ1n) is 8.92. The predicted molar refractivity (Wildman–Crippen MR) is 101 cm³/mol. The van der Waals surface area contributed by atoms with E-state index in [9.17, 15) is 9.59 Å². The topological polar surface area (TPSA) is 88.1 Å². The molecule has 1 fully saturated rings. The standard InChI is InChI=1S/C20H19N5O2/c26-19(24-18-5-1-2-8-23-18)15-4-3-11-25(13-15)20(27)14-6-7-16-17(12-14)22-10-9-21-16/h1-2,5-10,12,15H,3-4,11,13H2,(H,23,24,26)/t15-/m1/s1. The van der Waals surface area contributed by atoms with Gasteiger partial charge in [0.05, 0.1) is 17.0 Å². The Labute approximate surface area is 156 Å². The zero-order chi connectivity index (χ0) is 18.6. The van der Waals surface area contributed by atoms with E-state index in [4.69, 9.17) is 0 Å². The second-order valence-electron chi connectivity index (χ2n) is 6.55. The van der Waals surface area contributed by atoms with Crippen molar-refractivity contribution in [1.29, 1.82) is 0 Å². The number of hydrogen-bond acceptors (Lipinski definition) is 5. The second kappa shape index (κ2) is 7.49. The van der Waals surface area contributed by atoms with E-state index in [2.05, 4.69) is 20.3 Å². The van der Waals surface area contributed by atoms with Crippen molar-refractivity contribution >= 4 is 28.7 Å². The number of pyridine rings is 1. The van der Waals surface area contributed by atoms with Crippen LogP contribution in [0.15, 0.2) is 55.0 Å². The van der Waals surface area contributed by atoms with Crippen LogP contribution >= 0.6 is 0 Å². The summed E-state index contributed by atoms with van der Waals surface area (Å²) in [6.07, 6.45) is 6.41. The number of rotatable bonds is 3. The van der Waals surface area contributed by atoms with Crippen LogP contribution in [0.3, 0.4) is 0 Å². The molecule has 0 radical (unpaired) electrons. The lowest BCUT2D eigenvalue weighted by atomic mass is 9.96. The number of carbonyl (C=O) groups excluding carboxylic acids is 2. The van der Waals surface area contributed by atoms with E-state index in [0.29, 0.717) is 30.0 Å². The van der Waals surface area contributed by atoms with Gasteiger partial charge in [-0.2, -0.15) is 0 Å². The minimum absolute atomic E-state index is 0.0853. The highest BCUT2D eigenvalue weighted by molar-refractivity contribution is 5.98. The number of aromatic nitrogens is 3. The number of piperidine rings is 1. The average molecular weight is 361 g/mol. The van der Waals surface area contributed by atoms with Gasteiger partial charge in [-0.25, -0.2) is 4.98 Å². The molecule has 0 aliphatic carbocycles. The first-order valence-corrected chi connectivity index (χ1v) is 8.92. The van der Waals surface area contributed by atoms with Gasteiger partial charge < -0.3 is 10.2 Å². The monoisotopic (exact) mass is 361 g/mol. The number of nitrogens with one attached hydrogen (secondary N) is 1. The predicted octanol–water partition coefficient (Wildman–Crippen LogP) is 2.52. The molecule has 1 aliphatic heterocycles. The van der Waals surface area contributed by atoms with E-state index >= 15 is 0 Å². The Morgan fingerprint density at radius 3 is 2.67 bits per heavy atom. The zero-order valence-corrected chi connectivity index (χ0v) is 14.7. The van der Waals surface area contributed by atoms with Gasteiger partial charge in [0, 0.05) is 37.2 Å². The van der Waals surface area contributed by atoms with Crippen LogP contribution in [-0.2, 0) is 4.79 Å². The van der Waals surface area contributed by atoms with Crippen LogP contribution < -0.4 is 5.32 Å². The third-order valence-corrected chi connectivity index (χ3v) is 4.71. The number of hydrogen-bond donors (Lipinski definition) is 1. The first-order chi connectivity index (χ1) is 13.2. The minimum Gasteiger partial charge on any atom is -0.338 e. The third kappa shape index (κ3) is 3.76. The molecule has 1 aliphatic rings. The van der Waals surface area contributed by atoms with E-state index < -0.39 is 0 Å². The summed E-state index contributed by atoms with van der Waals surface area (Å²) in [4.78, 5) is 39.8. The van der Waals surface area contributed by atoms with E-state index in [-0.39, 0.29) is 17.7 Å². The minimum atomic E-state index is -0.245. The van der Waals surface area contributed by atoms with Crippen LogP contribution in [0, 0.1) is 5.92 Å². The number of nitrogens with zero attached hydrogens (tertiary/aromatic N) is 4. The molecule has 2 amide bonds. The van der Waals surface area contributed by atoms with Gasteiger partial charge >= 0.3 is 0 Å². The number of carbonyl (C=O) groups is 2. The van der Waals surface area contributed by atoms with Crippen molar-refractivity contribution in [3.63, 3.8) is 0 Å². The fraction of sp³-hybridized carbons (Fsp3) is 0.250. The van der Waals surface area contributed by atoms with Crippen molar-refractivity contribution in [2.75, 3.05) is 18.4 Å². The van der Waals surface area contributed by atoms with Crippen LogP contribution in [0.25, 0.3) is 11.0 Å². The molecule has 27 heavy (non-hydrogen) atoms. The number of fused-ring (bicyclic) bond motifs is 1. The molecule has 3 heterocycles. The summed E-state index contributed by atoms with van der Waals surface area (Å²) in [5, 5.41) is 2.83. The molecule has 0 unspecified atom stereocenters. The van der Waals surface area contributed by atoms with Crippen molar-refractivity contribution in [2.24, 2.45) is 5.92 Å². The van der Waals surface area contributed by atoms with Crippen molar-refractivity contribution < 1.29 is 9.59 Å². The zero-order valence-electron chi connectivity index (χ0n) is 14.7. The molecular weight excluding hydrogens is 342 g/mol. The van der Waals surface area contributed by atoms with Crippen LogP contribution in [0.1, 0.15) is 23.2 Å². The molecule has 136 valence electrons. The van der Waals surface area contributed by atoms with Gasteiger partial charge in [-0.05, 0) is 43.2 Å². The van der Waals surface area contributed by atoms with Crippen molar-refractivity contribution in [3.05, 3.63) is 60.6 Å². The SMILES string of the molecule is O=C(Nc1ccccn1)[C@@H]1CCCN(C(=O)c2ccc3nccnc3c2)C1. The van der Waals surface area contributed by atoms with Gasteiger partial charge in [-0.3, -0.25) is 19.6 Å². The summed E-state index contributed by atoms with van der Waals surface area (Å²) < 4.78 is 0. The molecule has 0 spiro atoms. The van der Waals surface area contributed by atoms with Crippen LogP contribution in [-0.4, -0.2) is 44.8 Å². The van der Waals surface area contributed by atoms with E-state index in [1.807, 2.05) is 6.07 Å². The quantitative estimate of drug-likeness (QED) is 0.774. The summed E-state index contributed by atoms with van der Waals surface area (Å²) in [7, 11) is 0. The Bertz CT molecular complexity index is 976. The maximum Gasteiger partial charge on any atom is 0.253 e. The van der Waals surface area contributed by atoms with Crippen molar-refractivity contribution in [3.8, 4) is 0 Å². The normalized spacial score (nSPS) is 16.9. The van der Waals surface area contributed by atoms with E-state index in [0.717, 1.165) is 18.4 Å². The summed E-state index contributed by atoms with van der Waals surface area (Å²) in [6, 6.07) is 10.7. The number of amides is 2. The Morgan fingerprint density at radius 1 is 1.00 bits per heavy atom. The molecule has 0 bridgehead atoms. The fourth-order valence-corrected chi connectivity index (χ4v) is 3.32. The first kappa shape index (κ1) is 17.1.